The molecule has 0 aliphatic carbocycles. The Hall–Kier alpha value is -2.10. The zero-order valence-corrected chi connectivity index (χ0v) is 15.0. The van der Waals surface area contributed by atoms with Crippen LogP contribution in [0.3, 0.4) is 0 Å². The van der Waals surface area contributed by atoms with Crippen LogP contribution >= 0.6 is 0 Å². The number of anilines is 1. The van der Waals surface area contributed by atoms with Crippen molar-refractivity contribution in [3.63, 3.8) is 0 Å². The van der Waals surface area contributed by atoms with Gasteiger partial charge in [-0.2, -0.15) is 0 Å². The highest BCUT2D eigenvalue weighted by Crippen LogP contribution is 2.25. The fourth-order valence-electron chi connectivity index (χ4n) is 3.13. The molecule has 0 fully saturated rings. The van der Waals surface area contributed by atoms with Gasteiger partial charge in [0.2, 0.25) is 0 Å². The van der Waals surface area contributed by atoms with Crippen molar-refractivity contribution in [1.29, 1.82) is 0 Å². The molecule has 24 heavy (non-hydrogen) atoms. The van der Waals surface area contributed by atoms with Gasteiger partial charge in [-0.05, 0) is 37.6 Å². The summed E-state index contributed by atoms with van der Waals surface area (Å²) in [5.41, 5.74) is 4.41. The van der Waals surface area contributed by atoms with Crippen molar-refractivity contribution in [3.05, 3.63) is 71.8 Å². The normalized spacial score (nSPS) is 20.0. The minimum atomic E-state index is -0.0851. The number of para-hydroxylation sites is 1. The monoisotopic (exact) mass is 342 g/mol. The third-order valence-electron chi connectivity index (χ3n) is 4.68. The second-order valence-electron chi connectivity index (χ2n) is 6.76. The SMILES string of the molecule is C[NH+]1C(=CC(=O)Nc2ccccc2)c2ccccc2CC1(C)C.[Cl-]. The van der Waals surface area contributed by atoms with Crippen LogP contribution in [0.2, 0.25) is 0 Å². The Balaban J connectivity index is 0.00000208. The average Bonchev–Trinajstić information content (AvgIpc) is 2.52. The van der Waals surface area contributed by atoms with Gasteiger partial charge in [-0.25, -0.2) is 0 Å². The molecule has 2 aromatic rings. The van der Waals surface area contributed by atoms with E-state index in [0.29, 0.717) is 0 Å². The van der Waals surface area contributed by atoms with Crippen LogP contribution in [-0.4, -0.2) is 18.5 Å². The summed E-state index contributed by atoms with van der Waals surface area (Å²) in [6.07, 6.45) is 2.74. The number of amides is 1. The summed E-state index contributed by atoms with van der Waals surface area (Å²) >= 11 is 0. The summed E-state index contributed by atoms with van der Waals surface area (Å²) in [7, 11) is 2.14. The van der Waals surface area contributed by atoms with Crippen LogP contribution in [-0.2, 0) is 11.2 Å². The molecule has 1 unspecified atom stereocenters. The number of halogens is 1. The largest absolute Gasteiger partial charge is 1.00 e. The third-order valence-corrected chi connectivity index (χ3v) is 4.68. The van der Waals surface area contributed by atoms with E-state index < -0.39 is 0 Å². The predicted molar refractivity (Wildman–Crippen MR) is 94.2 cm³/mol. The number of hydrogen-bond acceptors (Lipinski definition) is 1. The molecule has 2 N–H and O–H groups in total. The Morgan fingerprint density at radius 2 is 1.71 bits per heavy atom. The van der Waals surface area contributed by atoms with E-state index in [1.807, 2.05) is 36.4 Å². The van der Waals surface area contributed by atoms with E-state index in [1.165, 1.54) is 16.0 Å². The first kappa shape index (κ1) is 18.2. The lowest BCUT2D eigenvalue weighted by Gasteiger charge is -2.38. The molecule has 126 valence electrons. The maximum atomic E-state index is 12.4. The summed E-state index contributed by atoms with van der Waals surface area (Å²) in [6, 6.07) is 17.9. The molecule has 1 aliphatic rings. The van der Waals surface area contributed by atoms with Gasteiger partial charge in [0.25, 0.3) is 5.91 Å². The smallest absolute Gasteiger partial charge is 0.254 e. The Morgan fingerprint density at radius 1 is 1.08 bits per heavy atom. The van der Waals surface area contributed by atoms with Gasteiger partial charge in [0.15, 0.2) is 0 Å². The van der Waals surface area contributed by atoms with Gasteiger partial charge in [-0.1, -0.05) is 36.4 Å². The molecule has 2 aromatic carbocycles. The van der Waals surface area contributed by atoms with Gasteiger partial charge in [-0.15, -0.1) is 0 Å². The quantitative estimate of drug-likeness (QED) is 0.710. The van der Waals surface area contributed by atoms with Crippen LogP contribution in [0.25, 0.3) is 5.70 Å². The highest BCUT2D eigenvalue weighted by molar-refractivity contribution is 6.03. The standard InChI is InChI=1S/C20H22N2O.ClH/c1-20(2)14-15-9-7-8-12-17(15)18(22(20)3)13-19(23)21-16-10-5-4-6-11-16;/h4-13H,14H2,1-3H3,(H,21,23);1H. The van der Waals surface area contributed by atoms with Crippen molar-refractivity contribution < 1.29 is 22.1 Å². The zero-order chi connectivity index (χ0) is 16.4. The van der Waals surface area contributed by atoms with Crippen LogP contribution in [0, 0.1) is 0 Å². The number of carbonyl (C=O) groups excluding carboxylic acids is 1. The first-order chi connectivity index (χ1) is 11.0. The van der Waals surface area contributed by atoms with E-state index >= 15 is 0 Å². The topological polar surface area (TPSA) is 33.5 Å². The number of hydrogen-bond donors (Lipinski definition) is 2. The number of benzene rings is 2. The number of quaternary nitrogens is 1. The lowest BCUT2D eigenvalue weighted by Crippen LogP contribution is -3.15. The van der Waals surface area contributed by atoms with Crippen LogP contribution in [0.4, 0.5) is 5.69 Å². The number of fused-ring (bicyclic) bond motifs is 1. The lowest BCUT2D eigenvalue weighted by molar-refractivity contribution is -0.860. The number of nitrogens with one attached hydrogen (secondary N) is 2. The Bertz CT molecular complexity index is 753. The highest BCUT2D eigenvalue weighted by atomic mass is 35.5. The minimum Gasteiger partial charge on any atom is -1.00 e. The number of likely N-dealkylation sites (N-methyl/N-ethyl adjacent to an activating group) is 1. The van der Waals surface area contributed by atoms with Gasteiger partial charge in [0, 0.05) is 17.7 Å². The van der Waals surface area contributed by atoms with Crippen LogP contribution in [0.5, 0.6) is 0 Å². The second kappa shape index (κ2) is 7.20. The van der Waals surface area contributed by atoms with E-state index in [-0.39, 0.29) is 23.9 Å². The molecular weight excluding hydrogens is 320 g/mol. The van der Waals surface area contributed by atoms with Crippen LogP contribution in [0.15, 0.2) is 60.7 Å². The summed E-state index contributed by atoms with van der Waals surface area (Å²) in [5.74, 6) is -0.0851. The van der Waals surface area contributed by atoms with E-state index in [4.69, 9.17) is 0 Å². The Labute approximate surface area is 149 Å². The molecule has 1 aliphatic heterocycles. The van der Waals surface area contributed by atoms with Gasteiger partial charge in [-0.3, -0.25) is 9.69 Å². The first-order valence-electron chi connectivity index (χ1n) is 7.98. The van der Waals surface area contributed by atoms with Crippen molar-refractivity contribution in [2.45, 2.75) is 25.8 Å². The Morgan fingerprint density at radius 3 is 2.42 bits per heavy atom. The second-order valence-corrected chi connectivity index (χ2v) is 6.76. The molecule has 4 heteroatoms. The van der Waals surface area contributed by atoms with Crippen molar-refractivity contribution >= 4 is 17.3 Å². The average molecular weight is 343 g/mol. The van der Waals surface area contributed by atoms with E-state index in [2.05, 4.69) is 44.4 Å². The highest BCUT2D eigenvalue weighted by Gasteiger charge is 2.38. The third kappa shape index (κ3) is 3.69. The molecule has 1 amide bonds. The van der Waals surface area contributed by atoms with Crippen molar-refractivity contribution in [3.8, 4) is 0 Å². The van der Waals surface area contributed by atoms with Crippen LogP contribution in [0.1, 0.15) is 25.0 Å². The molecular formula is C20H23ClN2O. The Kier molecular flexibility index (Phi) is 5.47. The van der Waals surface area contributed by atoms with Crippen molar-refractivity contribution in [2.24, 2.45) is 0 Å². The predicted octanol–water partition coefficient (Wildman–Crippen LogP) is -0.480. The van der Waals surface area contributed by atoms with E-state index in [0.717, 1.165) is 17.8 Å². The molecule has 0 radical (unpaired) electrons. The summed E-state index contributed by atoms with van der Waals surface area (Å²) < 4.78 is 0. The fraction of sp³-hybridized carbons (Fsp3) is 0.250. The van der Waals surface area contributed by atoms with Gasteiger partial charge >= 0.3 is 0 Å². The van der Waals surface area contributed by atoms with Crippen LogP contribution < -0.4 is 22.6 Å². The maximum absolute atomic E-state index is 12.4. The zero-order valence-electron chi connectivity index (χ0n) is 14.3. The molecule has 3 rings (SSSR count). The fourth-order valence-corrected chi connectivity index (χ4v) is 3.13. The van der Waals surface area contributed by atoms with E-state index in [9.17, 15) is 4.79 Å². The number of carbonyl (C=O) groups is 1. The molecule has 0 aromatic heterocycles. The molecule has 0 saturated carbocycles. The molecule has 0 spiro atoms. The first-order valence-corrected chi connectivity index (χ1v) is 7.98. The summed E-state index contributed by atoms with van der Waals surface area (Å²) in [6.45, 7) is 4.47. The summed E-state index contributed by atoms with van der Waals surface area (Å²) in [4.78, 5) is 13.7. The lowest BCUT2D eigenvalue weighted by atomic mass is 9.84. The molecule has 0 bridgehead atoms. The van der Waals surface area contributed by atoms with E-state index in [1.54, 1.807) is 6.08 Å². The van der Waals surface area contributed by atoms with Gasteiger partial charge in [0.1, 0.15) is 11.2 Å². The van der Waals surface area contributed by atoms with Gasteiger partial charge < -0.3 is 17.7 Å². The molecule has 3 nitrogen and oxygen atoms in total. The number of rotatable bonds is 2. The molecule has 1 atom stereocenters. The summed E-state index contributed by atoms with van der Waals surface area (Å²) in [5, 5.41) is 2.94. The van der Waals surface area contributed by atoms with Crippen molar-refractivity contribution in [1.82, 2.24) is 0 Å². The van der Waals surface area contributed by atoms with Crippen molar-refractivity contribution in [2.75, 3.05) is 12.4 Å². The van der Waals surface area contributed by atoms with Gasteiger partial charge in [0.05, 0.1) is 13.1 Å². The maximum Gasteiger partial charge on any atom is 0.254 e. The molecule has 0 saturated heterocycles. The molecule has 1 heterocycles. The minimum absolute atomic E-state index is 0.